The molecule has 1 aromatic carbocycles. The zero-order chi connectivity index (χ0) is 18.1. The first-order valence-corrected chi connectivity index (χ1v) is 9.06. The molecule has 1 saturated heterocycles. The molecule has 0 N–H and O–H groups in total. The van der Waals surface area contributed by atoms with Crippen molar-refractivity contribution >= 4 is 40.1 Å². The van der Waals surface area contributed by atoms with Crippen LogP contribution in [-0.4, -0.2) is 55.2 Å². The SMILES string of the molecule is CN(C)c1nc(N2CCN(c3ncccc3Cl)CC2)c2ccccc2n1. The first-order chi connectivity index (χ1) is 12.6. The summed E-state index contributed by atoms with van der Waals surface area (Å²) in [6.07, 6.45) is 1.79. The van der Waals surface area contributed by atoms with Gasteiger partial charge in [-0.1, -0.05) is 23.7 Å². The molecule has 1 aliphatic heterocycles. The van der Waals surface area contributed by atoms with Crippen molar-refractivity contribution in [2.24, 2.45) is 0 Å². The second kappa shape index (κ2) is 6.96. The third kappa shape index (κ3) is 3.12. The number of benzene rings is 1. The number of piperazine rings is 1. The Labute approximate surface area is 158 Å². The molecule has 0 radical (unpaired) electrons. The Bertz CT molecular complexity index is 921. The minimum absolute atomic E-state index is 0.698. The van der Waals surface area contributed by atoms with E-state index in [1.165, 1.54) is 0 Å². The van der Waals surface area contributed by atoms with Crippen molar-refractivity contribution in [1.29, 1.82) is 0 Å². The van der Waals surface area contributed by atoms with E-state index in [1.807, 2.05) is 49.3 Å². The van der Waals surface area contributed by atoms with Crippen molar-refractivity contribution in [3.8, 4) is 0 Å². The molecule has 1 fully saturated rings. The zero-order valence-corrected chi connectivity index (χ0v) is 15.7. The van der Waals surface area contributed by atoms with E-state index in [1.54, 1.807) is 6.20 Å². The topological polar surface area (TPSA) is 48.4 Å². The molecule has 26 heavy (non-hydrogen) atoms. The van der Waals surface area contributed by atoms with Crippen molar-refractivity contribution in [1.82, 2.24) is 15.0 Å². The lowest BCUT2D eigenvalue weighted by molar-refractivity contribution is 0.643. The molecule has 0 aliphatic carbocycles. The smallest absolute Gasteiger partial charge is 0.227 e. The largest absolute Gasteiger partial charge is 0.352 e. The third-order valence-electron chi connectivity index (χ3n) is 4.59. The lowest BCUT2D eigenvalue weighted by Crippen LogP contribution is -2.47. The van der Waals surface area contributed by atoms with Gasteiger partial charge in [-0.15, -0.1) is 0 Å². The minimum Gasteiger partial charge on any atom is -0.352 e. The van der Waals surface area contributed by atoms with E-state index < -0.39 is 0 Å². The summed E-state index contributed by atoms with van der Waals surface area (Å²) in [5.74, 6) is 2.58. The van der Waals surface area contributed by atoms with E-state index in [4.69, 9.17) is 16.6 Å². The summed E-state index contributed by atoms with van der Waals surface area (Å²) in [5, 5.41) is 1.78. The van der Waals surface area contributed by atoms with Crippen LogP contribution in [0.3, 0.4) is 0 Å². The molecule has 6 nitrogen and oxygen atoms in total. The third-order valence-corrected chi connectivity index (χ3v) is 4.88. The summed E-state index contributed by atoms with van der Waals surface area (Å²) < 4.78 is 0. The highest BCUT2D eigenvalue weighted by molar-refractivity contribution is 6.32. The lowest BCUT2D eigenvalue weighted by atomic mass is 10.2. The van der Waals surface area contributed by atoms with Crippen LogP contribution in [0, 0.1) is 0 Å². The molecular formula is C19H21ClN6. The number of aromatic nitrogens is 3. The second-order valence-electron chi connectivity index (χ2n) is 6.54. The van der Waals surface area contributed by atoms with E-state index in [2.05, 4.69) is 25.8 Å². The molecule has 134 valence electrons. The Hall–Kier alpha value is -2.60. The molecule has 0 unspecified atom stereocenters. The molecule has 3 aromatic rings. The first kappa shape index (κ1) is 16.8. The molecule has 0 spiro atoms. The summed E-state index contributed by atoms with van der Waals surface area (Å²) in [4.78, 5) is 20.4. The van der Waals surface area contributed by atoms with Gasteiger partial charge in [-0.05, 0) is 24.3 Å². The van der Waals surface area contributed by atoms with Gasteiger partial charge >= 0.3 is 0 Å². The zero-order valence-electron chi connectivity index (χ0n) is 14.9. The van der Waals surface area contributed by atoms with E-state index >= 15 is 0 Å². The Morgan fingerprint density at radius 3 is 2.27 bits per heavy atom. The van der Waals surface area contributed by atoms with Gasteiger partial charge in [0.05, 0.1) is 10.5 Å². The van der Waals surface area contributed by atoms with Gasteiger partial charge in [-0.3, -0.25) is 0 Å². The van der Waals surface area contributed by atoms with Crippen LogP contribution in [0.25, 0.3) is 10.9 Å². The molecule has 3 heterocycles. The highest BCUT2D eigenvalue weighted by Gasteiger charge is 2.23. The highest BCUT2D eigenvalue weighted by atomic mass is 35.5. The van der Waals surface area contributed by atoms with Crippen molar-refractivity contribution < 1.29 is 0 Å². The number of nitrogens with zero attached hydrogens (tertiary/aromatic N) is 6. The normalized spacial score (nSPS) is 14.7. The van der Waals surface area contributed by atoms with Crippen LogP contribution >= 0.6 is 11.6 Å². The van der Waals surface area contributed by atoms with E-state index in [0.29, 0.717) is 5.02 Å². The van der Waals surface area contributed by atoms with Crippen LogP contribution < -0.4 is 14.7 Å². The minimum atomic E-state index is 0.698. The Balaban J connectivity index is 1.62. The van der Waals surface area contributed by atoms with Crippen LogP contribution in [0.4, 0.5) is 17.6 Å². The fourth-order valence-corrected chi connectivity index (χ4v) is 3.47. The van der Waals surface area contributed by atoms with Gasteiger partial charge in [0.15, 0.2) is 0 Å². The molecular weight excluding hydrogens is 348 g/mol. The van der Waals surface area contributed by atoms with Gasteiger partial charge in [0.1, 0.15) is 11.6 Å². The van der Waals surface area contributed by atoms with Gasteiger partial charge in [0.2, 0.25) is 5.95 Å². The Kier molecular flexibility index (Phi) is 4.51. The van der Waals surface area contributed by atoms with Crippen LogP contribution in [0.1, 0.15) is 0 Å². The summed E-state index contributed by atoms with van der Waals surface area (Å²) in [6, 6.07) is 11.9. The maximum absolute atomic E-state index is 6.30. The van der Waals surface area contributed by atoms with Gasteiger partial charge in [-0.2, -0.15) is 4.98 Å². The van der Waals surface area contributed by atoms with E-state index in [9.17, 15) is 0 Å². The quantitative estimate of drug-likeness (QED) is 0.708. The Morgan fingerprint density at radius 1 is 0.885 bits per heavy atom. The fraction of sp³-hybridized carbons (Fsp3) is 0.316. The van der Waals surface area contributed by atoms with Crippen LogP contribution in [0.2, 0.25) is 5.02 Å². The number of rotatable bonds is 3. The summed E-state index contributed by atoms with van der Waals surface area (Å²) in [5.41, 5.74) is 0.969. The number of hydrogen-bond donors (Lipinski definition) is 0. The average Bonchev–Trinajstić information content (AvgIpc) is 2.67. The molecule has 0 bridgehead atoms. The predicted octanol–water partition coefficient (Wildman–Crippen LogP) is 3.07. The first-order valence-electron chi connectivity index (χ1n) is 8.68. The number of hydrogen-bond acceptors (Lipinski definition) is 6. The molecule has 0 amide bonds. The van der Waals surface area contributed by atoms with Crippen molar-refractivity contribution in [2.75, 3.05) is 55.0 Å². The van der Waals surface area contributed by atoms with Crippen molar-refractivity contribution in [3.05, 3.63) is 47.6 Å². The summed E-state index contributed by atoms with van der Waals surface area (Å²) in [6.45, 7) is 3.43. The molecule has 7 heteroatoms. The average molecular weight is 369 g/mol. The maximum atomic E-state index is 6.30. The lowest BCUT2D eigenvalue weighted by Gasteiger charge is -2.36. The second-order valence-corrected chi connectivity index (χ2v) is 6.95. The van der Waals surface area contributed by atoms with Gasteiger partial charge < -0.3 is 14.7 Å². The molecule has 0 saturated carbocycles. The van der Waals surface area contributed by atoms with Crippen molar-refractivity contribution in [3.63, 3.8) is 0 Å². The molecule has 0 atom stereocenters. The van der Waals surface area contributed by atoms with Crippen molar-refractivity contribution in [2.45, 2.75) is 0 Å². The van der Waals surface area contributed by atoms with Gasteiger partial charge in [0, 0.05) is 51.9 Å². The van der Waals surface area contributed by atoms with Gasteiger partial charge in [-0.25, -0.2) is 9.97 Å². The van der Waals surface area contributed by atoms with E-state index in [-0.39, 0.29) is 0 Å². The number of para-hydroxylation sites is 1. The van der Waals surface area contributed by atoms with Crippen LogP contribution in [0.5, 0.6) is 0 Å². The number of anilines is 3. The van der Waals surface area contributed by atoms with Gasteiger partial charge in [0.25, 0.3) is 0 Å². The monoisotopic (exact) mass is 368 g/mol. The Morgan fingerprint density at radius 2 is 1.58 bits per heavy atom. The van der Waals surface area contributed by atoms with E-state index in [0.717, 1.165) is 54.7 Å². The van der Waals surface area contributed by atoms with Crippen LogP contribution in [-0.2, 0) is 0 Å². The molecule has 1 aliphatic rings. The standard InChI is InChI=1S/C19H21ClN6/c1-24(2)19-22-16-8-4-3-6-14(16)17(23-19)25-10-12-26(13-11-25)18-15(20)7-5-9-21-18/h3-9H,10-13H2,1-2H3. The summed E-state index contributed by atoms with van der Waals surface area (Å²) in [7, 11) is 3.93. The molecule has 2 aromatic heterocycles. The number of fused-ring (bicyclic) bond motifs is 1. The van der Waals surface area contributed by atoms with Crippen LogP contribution in [0.15, 0.2) is 42.6 Å². The highest BCUT2D eigenvalue weighted by Crippen LogP contribution is 2.29. The summed E-state index contributed by atoms with van der Waals surface area (Å²) >= 11 is 6.30. The molecule has 4 rings (SSSR count). The fourth-order valence-electron chi connectivity index (χ4n) is 3.23. The number of halogens is 1. The maximum Gasteiger partial charge on any atom is 0.227 e. The number of pyridine rings is 1. The predicted molar refractivity (Wildman–Crippen MR) is 108 cm³/mol.